The number of rotatable bonds is 2. The highest BCUT2D eigenvalue weighted by Crippen LogP contribution is 2.27. The minimum atomic E-state index is 0.594. The minimum absolute atomic E-state index is 0.594. The Morgan fingerprint density at radius 3 is 2.79 bits per heavy atom. The molecule has 2 rings (SSSR count). The quantitative estimate of drug-likeness (QED) is 0.836. The van der Waals surface area contributed by atoms with Crippen LogP contribution in [0.25, 0.3) is 0 Å². The molecule has 0 N–H and O–H groups in total. The molecule has 0 aliphatic rings. The van der Waals surface area contributed by atoms with E-state index in [0.29, 0.717) is 10.9 Å². The Kier molecular flexibility index (Phi) is 3.15. The van der Waals surface area contributed by atoms with E-state index < -0.39 is 0 Å². The second kappa shape index (κ2) is 4.37. The van der Waals surface area contributed by atoms with Crippen molar-refractivity contribution in [2.24, 2.45) is 0 Å². The molecule has 0 aromatic carbocycles. The van der Waals surface area contributed by atoms with Gasteiger partial charge in [0.15, 0.2) is 0 Å². The van der Waals surface area contributed by atoms with Gasteiger partial charge in [-0.05, 0) is 37.9 Å². The second-order valence-electron chi connectivity index (χ2n) is 2.38. The SMILES string of the molecule is Brc1cncc(Oc2nc(Br)cs2)c1. The fraction of sp³-hybridized carbons (Fsp3) is 0. The fourth-order valence-corrected chi connectivity index (χ4v) is 2.28. The first-order valence-corrected chi connectivity index (χ1v) is 6.10. The summed E-state index contributed by atoms with van der Waals surface area (Å²) in [6.07, 6.45) is 3.34. The summed E-state index contributed by atoms with van der Waals surface area (Å²) in [4.78, 5) is 8.09. The van der Waals surface area contributed by atoms with Crippen LogP contribution in [-0.2, 0) is 0 Å². The average Bonchev–Trinajstić information content (AvgIpc) is 2.51. The molecule has 2 aromatic heterocycles. The maximum atomic E-state index is 5.46. The lowest BCUT2D eigenvalue weighted by atomic mass is 10.5. The predicted molar refractivity (Wildman–Crippen MR) is 61.8 cm³/mol. The number of aromatic nitrogens is 2. The van der Waals surface area contributed by atoms with Crippen LogP contribution in [0.5, 0.6) is 10.9 Å². The van der Waals surface area contributed by atoms with Crippen LogP contribution in [0.3, 0.4) is 0 Å². The summed E-state index contributed by atoms with van der Waals surface area (Å²) in [6, 6.07) is 1.84. The Balaban J connectivity index is 2.18. The number of hydrogen-bond donors (Lipinski definition) is 0. The Labute approximate surface area is 101 Å². The van der Waals surface area contributed by atoms with Crippen molar-refractivity contribution < 1.29 is 4.74 Å². The molecule has 0 unspecified atom stereocenters. The smallest absolute Gasteiger partial charge is 0.279 e. The van der Waals surface area contributed by atoms with Crippen molar-refractivity contribution in [2.75, 3.05) is 0 Å². The zero-order valence-electron chi connectivity index (χ0n) is 6.78. The van der Waals surface area contributed by atoms with Gasteiger partial charge in [0, 0.05) is 16.0 Å². The summed E-state index contributed by atoms with van der Waals surface area (Å²) in [6.45, 7) is 0. The van der Waals surface area contributed by atoms with Gasteiger partial charge in [-0.2, -0.15) is 4.98 Å². The Bertz CT molecular complexity index is 446. The molecule has 2 aromatic rings. The van der Waals surface area contributed by atoms with Gasteiger partial charge in [0.25, 0.3) is 5.19 Å². The highest BCUT2D eigenvalue weighted by molar-refractivity contribution is 9.10. The molecule has 2 heterocycles. The highest BCUT2D eigenvalue weighted by Gasteiger charge is 2.02. The Hall–Kier alpha value is -0.460. The number of halogens is 2. The van der Waals surface area contributed by atoms with Gasteiger partial charge < -0.3 is 4.74 Å². The molecule has 0 saturated carbocycles. The van der Waals surface area contributed by atoms with Crippen molar-refractivity contribution in [3.05, 3.63) is 32.9 Å². The lowest BCUT2D eigenvalue weighted by Crippen LogP contribution is -1.84. The molecule has 0 atom stereocenters. The van der Waals surface area contributed by atoms with Crippen LogP contribution in [0.15, 0.2) is 32.9 Å². The molecule has 14 heavy (non-hydrogen) atoms. The second-order valence-corrected chi connectivity index (χ2v) is 4.93. The molecule has 0 aliphatic carbocycles. The van der Waals surface area contributed by atoms with E-state index in [0.717, 1.165) is 9.08 Å². The maximum Gasteiger partial charge on any atom is 0.279 e. The molecule has 0 radical (unpaired) electrons. The van der Waals surface area contributed by atoms with E-state index in [9.17, 15) is 0 Å². The van der Waals surface area contributed by atoms with Crippen LogP contribution in [0.1, 0.15) is 0 Å². The number of nitrogens with zero attached hydrogens (tertiary/aromatic N) is 2. The van der Waals surface area contributed by atoms with E-state index >= 15 is 0 Å². The van der Waals surface area contributed by atoms with Gasteiger partial charge in [-0.1, -0.05) is 11.3 Å². The average molecular weight is 336 g/mol. The molecule has 0 bridgehead atoms. The third kappa shape index (κ3) is 2.52. The van der Waals surface area contributed by atoms with Crippen molar-refractivity contribution in [3.8, 4) is 10.9 Å². The third-order valence-corrected chi connectivity index (χ3v) is 3.20. The number of ether oxygens (including phenoxy) is 1. The molecular weight excluding hydrogens is 332 g/mol. The van der Waals surface area contributed by atoms with E-state index in [1.165, 1.54) is 11.3 Å². The Morgan fingerprint density at radius 2 is 2.14 bits per heavy atom. The monoisotopic (exact) mass is 334 g/mol. The summed E-state index contributed by atoms with van der Waals surface area (Å²) in [5, 5.41) is 2.46. The predicted octanol–water partition coefficient (Wildman–Crippen LogP) is 3.86. The summed E-state index contributed by atoms with van der Waals surface area (Å²) >= 11 is 7.99. The van der Waals surface area contributed by atoms with E-state index in [4.69, 9.17) is 4.74 Å². The van der Waals surface area contributed by atoms with Crippen LogP contribution in [-0.4, -0.2) is 9.97 Å². The third-order valence-electron chi connectivity index (χ3n) is 1.34. The molecule has 0 saturated heterocycles. The van der Waals surface area contributed by atoms with Crippen molar-refractivity contribution in [3.63, 3.8) is 0 Å². The van der Waals surface area contributed by atoms with E-state index in [1.807, 2.05) is 11.4 Å². The van der Waals surface area contributed by atoms with E-state index in [2.05, 4.69) is 41.8 Å². The zero-order valence-corrected chi connectivity index (χ0v) is 10.8. The molecule has 0 aliphatic heterocycles. The van der Waals surface area contributed by atoms with Gasteiger partial charge in [0.2, 0.25) is 0 Å². The summed E-state index contributed by atoms with van der Waals surface area (Å²) < 4.78 is 7.12. The maximum absolute atomic E-state index is 5.46. The van der Waals surface area contributed by atoms with Crippen LogP contribution < -0.4 is 4.74 Å². The fourth-order valence-electron chi connectivity index (χ4n) is 0.835. The van der Waals surface area contributed by atoms with Crippen LogP contribution >= 0.6 is 43.2 Å². The molecule has 6 heteroatoms. The van der Waals surface area contributed by atoms with Crippen molar-refractivity contribution >= 4 is 43.2 Å². The summed E-state index contributed by atoms with van der Waals surface area (Å²) in [7, 11) is 0. The van der Waals surface area contributed by atoms with Gasteiger partial charge in [0.05, 0.1) is 6.20 Å². The van der Waals surface area contributed by atoms with Gasteiger partial charge in [0.1, 0.15) is 10.4 Å². The van der Waals surface area contributed by atoms with Gasteiger partial charge in [-0.3, -0.25) is 4.98 Å². The molecule has 0 fully saturated rings. The van der Waals surface area contributed by atoms with Gasteiger partial charge in [-0.25, -0.2) is 0 Å². The lowest BCUT2D eigenvalue weighted by Gasteiger charge is -1.99. The zero-order chi connectivity index (χ0) is 9.97. The van der Waals surface area contributed by atoms with Crippen molar-refractivity contribution in [1.82, 2.24) is 9.97 Å². The van der Waals surface area contributed by atoms with Crippen LogP contribution in [0.4, 0.5) is 0 Å². The molecular formula is C8H4Br2N2OS. The summed E-state index contributed by atoms with van der Waals surface area (Å²) in [5.74, 6) is 0.668. The van der Waals surface area contributed by atoms with Crippen LogP contribution in [0, 0.1) is 0 Å². The number of thiazole rings is 1. The normalized spacial score (nSPS) is 10.1. The topological polar surface area (TPSA) is 35.0 Å². The molecule has 0 spiro atoms. The largest absolute Gasteiger partial charge is 0.429 e. The first-order valence-electron chi connectivity index (χ1n) is 3.63. The lowest BCUT2D eigenvalue weighted by molar-refractivity contribution is 0.475. The van der Waals surface area contributed by atoms with E-state index in [-0.39, 0.29) is 0 Å². The van der Waals surface area contributed by atoms with Crippen LogP contribution in [0.2, 0.25) is 0 Å². The van der Waals surface area contributed by atoms with Gasteiger partial charge >= 0.3 is 0 Å². The first kappa shape index (κ1) is 10.1. The van der Waals surface area contributed by atoms with Crippen molar-refractivity contribution in [1.29, 1.82) is 0 Å². The van der Waals surface area contributed by atoms with E-state index in [1.54, 1.807) is 12.4 Å². The number of pyridine rings is 1. The molecule has 0 amide bonds. The number of hydrogen-bond acceptors (Lipinski definition) is 4. The molecule has 3 nitrogen and oxygen atoms in total. The standard InChI is InChI=1S/C8H4Br2N2OS/c9-5-1-6(3-11-2-5)13-8-12-7(10)4-14-8/h1-4H. The first-order chi connectivity index (χ1) is 6.74. The summed E-state index contributed by atoms with van der Waals surface area (Å²) in [5.41, 5.74) is 0. The molecule has 72 valence electrons. The minimum Gasteiger partial charge on any atom is -0.429 e. The van der Waals surface area contributed by atoms with Gasteiger partial charge in [-0.15, -0.1) is 0 Å². The van der Waals surface area contributed by atoms with Crippen molar-refractivity contribution in [2.45, 2.75) is 0 Å². The highest BCUT2D eigenvalue weighted by atomic mass is 79.9. The Morgan fingerprint density at radius 1 is 1.29 bits per heavy atom.